The van der Waals surface area contributed by atoms with Gasteiger partial charge >= 0.3 is 0 Å². The van der Waals surface area contributed by atoms with Gasteiger partial charge in [-0.05, 0) is 36.3 Å². The summed E-state index contributed by atoms with van der Waals surface area (Å²) in [6.07, 6.45) is 3.84. The predicted molar refractivity (Wildman–Crippen MR) is 83.3 cm³/mol. The summed E-state index contributed by atoms with van der Waals surface area (Å²) in [5.41, 5.74) is 1.63. The molecule has 0 saturated heterocycles. The molecule has 108 valence electrons. The average molecular weight is 289 g/mol. The van der Waals surface area contributed by atoms with Crippen molar-refractivity contribution >= 4 is 11.7 Å². The minimum absolute atomic E-state index is 0.0273. The van der Waals surface area contributed by atoms with E-state index in [-0.39, 0.29) is 17.7 Å². The molecule has 2 aromatic carbocycles. The van der Waals surface area contributed by atoms with Crippen LogP contribution >= 0.6 is 0 Å². The highest BCUT2D eigenvalue weighted by molar-refractivity contribution is 6.03. The Morgan fingerprint density at radius 3 is 2.41 bits per heavy atom. The van der Waals surface area contributed by atoms with Crippen LogP contribution < -0.4 is 0 Å². The molecular formula is C19H15NO2. The monoisotopic (exact) mass is 289 g/mol. The number of carbonyl (C=O) groups excluding carboxylic acids is 2. The van der Waals surface area contributed by atoms with Crippen LogP contribution in [-0.2, 0) is 10.3 Å². The third kappa shape index (κ3) is 1.45. The van der Waals surface area contributed by atoms with Gasteiger partial charge in [0.25, 0.3) is 5.91 Å². The highest BCUT2D eigenvalue weighted by Gasteiger charge is 2.56. The number of nitrogens with zero attached hydrogens (tertiary/aromatic N) is 1. The van der Waals surface area contributed by atoms with Crippen molar-refractivity contribution in [2.45, 2.75) is 18.5 Å². The zero-order chi connectivity index (χ0) is 15.3. The van der Waals surface area contributed by atoms with Crippen LogP contribution in [0.5, 0.6) is 0 Å². The van der Waals surface area contributed by atoms with E-state index in [1.807, 2.05) is 54.6 Å². The molecule has 3 nitrogen and oxygen atoms in total. The highest BCUT2D eigenvalue weighted by atomic mass is 16.2. The van der Waals surface area contributed by atoms with E-state index in [1.54, 1.807) is 24.0 Å². The Balaban J connectivity index is 1.89. The summed E-state index contributed by atoms with van der Waals surface area (Å²) in [5.74, 6) is -0.137. The second-order valence-corrected chi connectivity index (χ2v) is 5.75. The van der Waals surface area contributed by atoms with E-state index in [1.165, 1.54) is 0 Å². The Hall–Kier alpha value is -2.68. The fourth-order valence-electron chi connectivity index (χ4n) is 3.66. The van der Waals surface area contributed by atoms with Crippen LogP contribution in [0.2, 0.25) is 0 Å². The molecule has 2 aromatic rings. The van der Waals surface area contributed by atoms with Gasteiger partial charge in [-0.25, -0.2) is 0 Å². The Morgan fingerprint density at radius 1 is 1.00 bits per heavy atom. The standard InChI is InChI=1S/C19H15NO2/c1-13(21)19-12-11-17(15-9-5-6-10-16(15)19)20(19)18(22)14-7-3-2-4-8-14/h2-12,17H,1H3. The van der Waals surface area contributed by atoms with Crippen molar-refractivity contribution in [2.75, 3.05) is 0 Å². The maximum atomic E-state index is 13.0. The molecule has 22 heavy (non-hydrogen) atoms. The molecule has 2 atom stereocenters. The van der Waals surface area contributed by atoms with E-state index < -0.39 is 5.54 Å². The lowest BCUT2D eigenvalue weighted by atomic mass is 9.83. The largest absolute Gasteiger partial charge is 0.308 e. The molecule has 0 N–H and O–H groups in total. The third-order valence-electron chi connectivity index (χ3n) is 4.64. The first-order valence-electron chi connectivity index (χ1n) is 7.35. The summed E-state index contributed by atoms with van der Waals surface area (Å²) in [6, 6.07) is 16.8. The fraction of sp³-hybridized carbons (Fsp3) is 0.158. The summed E-state index contributed by atoms with van der Waals surface area (Å²) in [7, 11) is 0. The van der Waals surface area contributed by atoms with Crippen LogP contribution in [0.25, 0.3) is 0 Å². The number of Topliss-reactive ketones (excluding diaryl/α,β-unsaturated/α-hetero) is 1. The quantitative estimate of drug-likeness (QED) is 0.796. The normalized spacial score (nSPS) is 24.4. The molecule has 2 aliphatic heterocycles. The van der Waals surface area contributed by atoms with Gasteiger partial charge in [0.15, 0.2) is 5.78 Å². The average Bonchev–Trinajstić information content (AvgIpc) is 3.08. The SMILES string of the molecule is CC(=O)C12C=CC(c3ccccc31)N2C(=O)c1ccccc1. The first-order valence-corrected chi connectivity index (χ1v) is 7.35. The summed E-state index contributed by atoms with van der Waals surface area (Å²) in [6.45, 7) is 1.56. The van der Waals surface area contributed by atoms with Gasteiger partial charge in [0.05, 0.1) is 6.04 Å². The van der Waals surface area contributed by atoms with Gasteiger partial charge in [-0.2, -0.15) is 0 Å². The number of hydrogen-bond donors (Lipinski definition) is 0. The topological polar surface area (TPSA) is 37.4 Å². The van der Waals surface area contributed by atoms with Gasteiger partial charge in [0, 0.05) is 5.56 Å². The Bertz CT molecular complexity index is 809. The second-order valence-electron chi connectivity index (χ2n) is 5.75. The van der Waals surface area contributed by atoms with Crippen LogP contribution in [-0.4, -0.2) is 16.6 Å². The van der Waals surface area contributed by atoms with Crippen molar-refractivity contribution in [3.63, 3.8) is 0 Å². The molecule has 4 rings (SSSR count). The van der Waals surface area contributed by atoms with Crippen LogP contribution in [0.1, 0.15) is 34.5 Å². The van der Waals surface area contributed by atoms with Crippen LogP contribution in [0.4, 0.5) is 0 Å². The number of carbonyl (C=O) groups is 2. The van der Waals surface area contributed by atoms with Gasteiger partial charge in [-0.3, -0.25) is 9.59 Å². The van der Waals surface area contributed by atoms with Gasteiger partial charge < -0.3 is 4.90 Å². The zero-order valence-corrected chi connectivity index (χ0v) is 12.2. The molecule has 0 radical (unpaired) electrons. The molecule has 2 heterocycles. The molecule has 2 bridgehead atoms. The van der Waals surface area contributed by atoms with Crippen LogP contribution in [0, 0.1) is 0 Å². The van der Waals surface area contributed by atoms with Crippen molar-refractivity contribution in [1.29, 1.82) is 0 Å². The van der Waals surface area contributed by atoms with E-state index in [4.69, 9.17) is 0 Å². The number of rotatable bonds is 2. The minimum Gasteiger partial charge on any atom is -0.308 e. The zero-order valence-electron chi connectivity index (χ0n) is 12.2. The number of fused-ring (bicyclic) bond motifs is 5. The van der Waals surface area contributed by atoms with Crippen molar-refractivity contribution in [3.8, 4) is 0 Å². The van der Waals surface area contributed by atoms with Crippen molar-refractivity contribution < 1.29 is 9.59 Å². The van der Waals surface area contributed by atoms with Gasteiger partial charge in [0.2, 0.25) is 0 Å². The van der Waals surface area contributed by atoms with Gasteiger partial charge in [-0.15, -0.1) is 0 Å². The summed E-state index contributed by atoms with van der Waals surface area (Å²) in [5, 5.41) is 0. The lowest BCUT2D eigenvalue weighted by molar-refractivity contribution is -0.124. The first kappa shape index (κ1) is 13.0. The Labute approximate surface area is 128 Å². The molecule has 0 fully saturated rings. The lowest BCUT2D eigenvalue weighted by Gasteiger charge is -2.33. The highest BCUT2D eigenvalue weighted by Crippen LogP contribution is 2.53. The lowest BCUT2D eigenvalue weighted by Crippen LogP contribution is -2.46. The number of hydrogen-bond acceptors (Lipinski definition) is 2. The molecule has 1 amide bonds. The Morgan fingerprint density at radius 2 is 1.68 bits per heavy atom. The third-order valence-corrected chi connectivity index (χ3v) is 4.64. The molecule has 0 aromatic heterocycles. The van der Waals surface area contributed by atoms with E-state index in [2.05, 4.69) is 0 Å². The van der Waals surface area contributed by atoms with Gasteiger partial charge in [-0.1, -0.05) is 48.5 Å². The van der Waals surface area contributed by atoms with Crippen molar-refractivity contribution in [2.24, 2.45) is 0 Å². The molecule has 2 aliphatic rings. The first-order chi connectivity index (χ1) is 10.7. The van der Waals surface area contributed by atoms with E-state index >= 15 is 0 Å². The van der Waals surface area contributed by atoms with Crippen molar-refractivity contribution in [1.82, 2.24) is 4.90 Å². The maximum Gasteiger partial charge on any atom is 0.255 e. The molecule has 2 unspecified atom stereocenters. The molecular weight excluding hydrogens is 274 g/mol. The Kier molecular flexibility index (Phi) is 2.61. The predicted octanol–water partition coefficient (Wildman–Crippen LogP) is 3.24. The maximum absolute atomic E-state index is 13.0. The molecule has 3 heteroatoms. The summed E-state index contributed by atoms with van der Waals surface area (Å²) < 4.78 is 0. The van der Waals surface area contributed by atoms with E-state index in [9.17, 15) is 9.59 Å². The minimum atomic E-state index is -0.950. The van der Waals surface area contributed by atoms with Gasteiger partial charge in [0.1, 0.15) is 5.54 Å². The number of amides is 1. The van der Waals surface area contributed by atoms with E-state index in [0.29, 0.717) is 5.56 Å². The summed E-state index contributed by atoms with van der Waals surface area (Å²) >= 11 is 0. The molecule has 0 spiro atoms. The number of benzene rings is 2. The fourth-order valence-corrected chi connectivity index (χ4v) is 3.66. The molecule has 0 aliphatic carbocycles. The number of ketones is 1. The van der Waals surface area contributed by atoms with Crippen LogP contribution in [0.3, 0.4) is 0 Å². The second kappa shape index (κ2) is 4.41. The van der Waals surface area contributed by atoms with Crippen molar-refractivity contribution in [3.05, 3.63) is 83.4 Å². The van der Waals surface area contributed by atoms with E-state index in [0.717, 1.165) is 11.1 Å². The smallest absolute Gasteiger partial charge is 0.255 e. The van der Waals surface area contributed by atoms with Crippen LogP contribution in [0.15, 0.2) is 66.7 Å². The molecule has 0 saturated carbocycles. The summed E-state index contributed by atoms with van der Waals surface area (Å²) in [4.78, 5) is 27.2.